The molecule has 1 atom stereocenters. The number of fused-ring (bicyclic) bond motifs is 1. The fourth-order valence-electron chi connectivity index (χ4n) is 3.44. The molecule has 0 bridgehead atoms. The smallest absolute Gasteiger partial charge is 0.220 e. The lowest BCUT2D eigenvalue weighted by molar-refractivity contribution is -0.121. The van der Waals surface area contributed by atoms with E-state index in [0.717, 1.165) is 35.0 Å². The van der Waals surface area contributed by atoms with Gasteiger partial charge in [0.15, 0.2) is 0 Å². The van der Waals surface area contributed by atoms with Crippen LogP contribution in [-0.4, -0.2) is 17.0 Å². The quantitative estimate of drug-likeness (QED) is 0.648. The number of carbonyl (C=O) groups excluding carboxylic acids is 1. The Kier molecular flexibility index (Phi) is 5.71. The molecule has 1 N–H and O–H groups in total. The Labute approximate surface area is 153 Å². The van der Waals surface area contributed by atoms with E-state index in [2.05, 4.69) is 35.1 Å². The Bertz CT molecular complexity index is 883. The van der Waals surface area contributed by atoms with Crippen LogP contribution in [0.2, 0.25) is 0 Å². The predicted molar refractivity (Wildman–Crippen MR) is 104 cm³/mol. The Morgan fingerprint density at radius 2 is 1.85 bits per heavy atom. The number of para-hydroxylation sites is 1. The molecule has 3 nitrogen and oxygen atoms in total. The van der Waals surface area contributed by atoms with E-state index in [9.17, 15) is 9.18 Å². The number of halogens is 1. The maximum Gasteiger partial charge on any atom is 0.220 e. The summed E-state index contributed by atoms with van der Waals surface area (Å²) < 4.78 is 15.6. The van der Waals surface area contributed by atoms with E-state index in [1.165, 1.54) is 12.1 Å². The van der Waals surface area contributed by atoms with Crippen LogP contribution in [0.15, 0.2) is 54.7 Å². The van der Waals surface area contributed by atoms with Crippen molar-refractivity contribution in [3.05, 3.63) is 71.7 Å². The number of nitrogens with zero attached hydrogens (tertiary/aromatic N) is 1. The highest BCUT2D eigenvalue weighted by Gasteiger charge is 2.22. The molecule has 4 heteroatoms. The summed E-state index contributed by atoms with van der Waals surface area (Å²) in [4.78, 5) is 12.4. The summed E-state index contributed by atoms with van der Waals surface area (Å²) in [5.41, 5.74) is 3.23. The number of benzene rings is 2. The number of aromatic nitrogens is 1. The molecule has 1 unspecified atom stereocenters. The van der Waals surface area contributed by atoms with Crippen LogP contribution in [0.25, 0.3) is 10.9 Å². The normalized spacial score (nSPS) is 12.3. The molecule has 0 aliphatic heterocycles. The van der Waals surface area contributed by atoms with Crippen molar-refractivity contribution in [3.63, 3.8) is 0 Å². The zero-order chi connectivity index (χ0) is 18.5. The molecule has 1 heterocycles. The van der Waals surface area contributed by atoms with Gasteiger partial charge in [0.25, 0.3) is 0 Å². The van der Waals surface area contributed by atoms with E-state index in [1.54, 1.807) is 12.1 Å². The highest BCUT2D eigenvalue weighted by Crippen LogP contribution is 2.34. The van der Waals surface area contributed by atoms with Crippen LogP contribution < -0.4 is 5.32 Å². The van der Waals surface area contributed by atoms with E-state index in [-0.39, 0.29) is 17.6 Å². The summed E-state index contributed by atoms with van der Waals surface area (Å²) in [5.74, 6) is -0.349. The highest BCUT2D eigenvalue weighted by atomic mass is 19.1. The first-order chi connectivity index (χ1) is 12.6. The Hall–Kier alpha value is -2.62. The van der Waals surface area contributed by atoms with E-state index in [1.807, 2.05) is 19.1 Å². The largest absolute Gasteiger partial charge is 0.356 e. The third kappa shape index (κ3) is 3.79. The average molecular weight is 352 g/mol. The minimum Gasteiger partial charge on any atom is -0.356 e. The minimum atomic E-state index is -0.265. The second-order valence-electron chi connectivity index (χ2n) is 6.55. The minimum absolute atomic E-state index is 0.0227. The van der Waals surface area contributed by atoms with Crippen LogP contribution in [0.1, 0.15) is 43.7 Å². The summed E-state index contributed by atoms with van der Waals surface area (Å²) in [6.45, 7) is 5.67. The van der Waals surface area contributed by atoms with Gasteiger partial charge < -0.3 is 9.88 Å². The van der Waals surface area contributed by atoms with Crippen molar-refractivity contribution >= 4 is 16.8 Å². The van der Waals surface area contributed by atoms with Gasteiger partial charge in [-0.1, -0.05) is 37.3 Å². The van der Waals surface area contributed by atoms with Crippen LogP contribution in [0.5, 0.6) is 0 Å². The van der Waals surface area contributed by atoms with E-state index in [4.69, 9.17) is 0 Å². The molecule has 0 aliphatic rings. The van der Waals surface area contributed by atoms with Crippen LogP contribution in [0.4, 0.5) is 4.39 Å². The van der Waals surface area contributed by atoms with Crippen LogP contribution in [0, 0.1) is 5.82 Å². The number of hydrogen-bond donors (Lipinski definition) is 1. The van der Waals surface area contributed by atoms with Gasteiger partial charge >= 0.3 is 0 Å². The van der Waals surface area contributed by atoms with Crippen molar-refractivity contribution in [1.29, 1.82) is 0 Å². The molecule has 0 saturated heterocycles. The van der Waals surface area contributed by atoms with Crippen molar-refractivity contribution in [3.8, 4) is 0 Å². The molecule has 0 spiro atoms. The average Bonchev–Trinajstić information content (AvgIpc) is 3.04. The third-order valence-electron chi connectivity index (χ3n) is 4.77. The molecule has 0 fully saturated rings. The third-order valence-corrected chi connectivity index (χ3v) is 4.77. The summed E-state index contributed by atoms with van der Waals surface area (Å²) in [6, 6.07) is 14.7. The topological polar surface area (TPSA) is 34.0 Å². The maximum absolute atomic E-state index is 13.4. The molecular formula is C22H25FN2O. The summed E-state index contributed by atoms with van der Waals surface area (Å²) in [6.07, 6.45) is 3.39. The van der Waals surface area contributed by atoms with Crippen LogP contribution in [0.3, 0.4) is 0 Å². The zero-order valence-electron chi connectivity index (χ0n) is 15.3. The Morgan fingerprint density at radius 3 is 2.54 bits per heavy atom. The number of hydrogen-bond acceptors (Lipinski definition) is 1. The zero-order valence-corrected chi connectivity index (χ0v) is 15.3. The first kappa shape index (κ1) is 18.2. The van der Waals surface area contributed by atoms with Crippen molar-refractivity contribution in [2.45, 2.75) is 39.2 Å². The van der Waals surface area contributed by atoms with Gasteiger partial charge in [-0.3, -0.25) is 4.79 Å². The molecule has 3 rings (SSSR count). The molecule has 136 valence electrons. The molecule has 0 saturated carbocycles. The van der Waals surface area contributed by atoms with E-state index in [0.29, 0.717) is 13.0 Å². The van der Waals surface area contributed by atoms with E-state index >= 15 is 0 Å². The molecule has 0 radical (unpaired) electrons. The van der Waals surface area contributed by atoms with Gasteiger partial charge in [0, 0.05) is 42.5 Å². The molecule has 2 aromatic carbocycles. The van der Waals surface area contributed by atoms with Gasteiger partial charge in [-0.25, -0.2) is 4.39 Å². The maximum atomic E-state index is 13.4. The van der Waals surface area contributed by atoms with Crippen molar-refractivity contribution < 1.29 is 9.18 Å². The monoisotopic (exact) mass is 352 g/mol. The van der Waals surface area contributed by atoms with Gasteiger partial charge in [0.1, 0.15) is 5.82 Å². The lowest BCUT2D eigenvalue weighted by Crippen LogP contribution is -2.26. The number of rotatable bonds is 7. The predicted octanol–water partition coefficient (Wildman–Crippen LogP) is 4.85. The SMILES string of the molecule is CCCNC(=O)CC(c1ccc(F)cc1)c1cn(CC)c2ccccc12. The molecular weight excluding hydrogens is 327 g/mol. The van der Waals surface area contributed by atoms with Gasteiger partial charge in [0.05, 0.1) is 0 Å². The Morgan fingerprint density at radius 1 is 1.12 bits per heavy atom. The fourth-order valence-corrected chi connectivity index (χ4v) is 3.44. The summed E-state index contributed by atoms with van der Waals surface area (Å²) in [7, 11) is 0. The lowest BCUT2D eigenvalue weighted by atomic mass is 9.88. The highest BCUT2D eigenvalue weighted by molar-refractivity contribution is 5.86. The second kappa shape index (κ2) is 8.17. The standard InChI is InChI=1S/C22H25FN2O/c1-3-13-24-22(26)14-19(16-9-11-17(23)12-10-16)20-15-25(4-2)21-8-6-5-7-18(20)21/h5-12,15,19H,3-4,13-14H2,1-2H3,(H,24,26). The van der Waals surface area contributed by atoms with Gasteiger partial charge in [-0.2, -0.15) is 0 Å². The Balaban J connectivity index is 2.05. The van der Waals surface area contributed by atoms with Crippen LogP contribution >= 0.6 is 0 Å². The van der Waals surface area contributed by atoms with Crippen molar-refractivity contribution in [1.82, 2.24) is 9.88 Å². The summed E-state index contributed by atoms with van der Waals surface area (Å²) in [5, 5.41) is 4.11. The fraction of sp³-hybridized carbons (Fsp3) is 0.318. The molecule has 3 aromatic rings. The van der Waals surface area contributed by atoms with Crippen LogP contribution in [-0.2, 0) is 11.3 Å². The van der Waals surface area contributed by atoms with Gasteiger partial charge in [-0.15, -0.1) is 0 Å². The number of nitrogens with one attached hydrogen (secondary N) is 1. The molecule has 0 aliphatic carbocycles. The lowest BCUT2D eigenvalue weighted by Gasteiger charge is -2.17. The second-order valence-corrected chi connectivity index (χ2v) is 6.55. The molecule has 1 aromatic heterocycles. The first-order valence-electron chi connectivity index (χ1n) is 9.24. The number of amides is 1. The first-order valence-corrected chi connectivity index (χ1v) is 9.24. The van der Waals surface area contributed by atoms with Gasteiger partial charge in [-0.05, 0) is 42.7 Å². The van der Waals surface area contributed by atoms with E-state index < -0.39 is 0 Å². The van der Waals surface area contributed by atoms with Crippen molar-refractivity contribution in [2.24, 2.45) is 0 Å². The van der Waals surface area contributed by atoms with Gasteiger partial charge in [0.2, 0.25) is 5.91 Å². The summed E-state index contributed by atoms with van der Waals surface area (Å²) >= 11 is 0. The number of carbonyl (C=O) groups is 1. The number of aryl methyl sites for hydroxylation is 1. The molecule has 26 heavy (non-hydrogen) atoms. The molecule has 1 amide bonds. The van der Waals surface area contributed by atoms with Crippen molar-refractivity contribution in [2.75, 3.05) is 6.54 Å².